The maximum absolute atomic E-state index is 11.9. The fraction of sp³-hybridized carbons (Fsp3) is 0.133. The molecule has 0 aliphatic rings. The third kappa shape index (κ3) is 3.00. The summed E-state index contributed by atoms with van der Waals surface area (Å²) in [5, 5.41) is 22.7. The quantitative estimate of drug-likeness (QED) is 0.488. The monoisotopic (exact) mass is 269 g/mol. The second-order valence-electron chi connectivity index (χ2n) is 4.55. The molecule has 2 aromatic carbocycles. The van der Waals surface area contributed by atoms with E-state index < -0.39 is 16.4 Å². The molecule has 0 aliphatic carbocycles. The summed E-state index contributed by atoms with van der Waals surface area (Å²) in [5.74, 6) is -0.614. The highest BCUT2D eigenvalue weighted by Crippen LogP contribution is 2.28. The van der Waals surface area contributed by atoms with Crippen molar-refractivity contribution in [2.24, 2.45) is 4.99 Å². The van der Waals surface area contributed by atoms with Crippen LogP contribution >= 0.6 is 0 Å². The van der Waals surface area contributed by atoms with Crippen molar-refractivity contribution in [1.82, 2.24) is 0 Å². The highest BCUT2D eigenvalue weighted by molar-refractivity contribution is 5.87. The fourth-order valence-corrected chi connectivity index (χ4v) is 1.79. The lowest BCUT2D eigenvalue weighted by Gasteiger charge is -2.11. The van der Waals surface area contributed by atoms with Crippen LogP contribution in [0.25, 0.3) is 0 Å². The molecule has 0 aromatic heterocycles. The van der Waals surface area contributed by atoms with E-state index in [0.717, 1.165) is 5.56 Å². The lowest BCUT2D eigenvalue weighted by Crippen LogP contribution is -2.02. The molecule has 0 N–H and O–H groups in total. The van der Waals surface area contributed by atoms with Gasteiger partial charge in [0.05, 0.1) is 10.6 Å². The number of hydrogen-bond acceptors (Lipinski definition) is 4. The molecule has 0 atom stereocenters. The van der Waals surface area contributed by atoms with Crippen molar-refractivity contribution < 1.29 is 10.0 Å². The Morgan fingerprint density at radius 2 is 1.75 bits per heavy atom. The lowest BCUT2D eigenvalue weighted by atomic mass is 10.1. The second kappa shape index (κ2) is 5.52. The zero-order valence-corrected chi connectivity index (χ0v) is 11.2. The van der Waals surface area contributed by atoms with Crippen molar-refractivity contribution in [2.75, 3.05) is 0 Å². The molecule has 102 valence electrons. The van der Waals surface area contributed by atoms with Gasteiger partial charge in [-0.25, -0.2) is 0 Å². The SMILES string of the molecule is Cc1ccc(N=Cc2cc(C)cc([N+](=O)[O-])c2[O-])cc1. The average Bonchev–Trinajstić information content (AvgIpc) is 2.41. The van der Waals surface area contributed by atoms with E-state index in [1.54, 1.807) is 13.0 Å². The predicted octanol–water partition coefficient (Wildman–Crippen LogP) is 3.04. The number of rotatable bonds is 3. The first-order chi connectivity index (χ1) is 9.47. The normalized spacial score (nSPS) is 10.9. The molecule has 0 bridgehead atoms. The van der Waals surface area contributed by atoms with Crippen LogP contribution in [0.5, 0.6) is 5.75 Å². The summed E-state index contributed by atoms with van der Waals surface area (Å²) in [6.07, 6.45) is 1.37. The Hall–Kier alpha value is -2.69. The van der Waals surface area contributed by atoms with Crippen LogP contribution in [-0.4, -0.2) is 11.1 Å². The minimum absolute atomic E-state index is 0.220. The van der Waals surface area contributed by atoms with E-state index in [1.807, 2.05) is 31.2 Å². The number of benzene rings is 2. The number of aliphatic imine (C=N–C) groups is 1. The molecule has 2 rings (SSSR count). The van der Waals surface area contributed by atoms with Gasteiger partial charge in [0, 0.05) is 12.3 Å². The molecule has 0 saturated heterocycles. The summed E-state index contributed by atoms with van der Waals surface area (Å²) in [6, 6.07) is 10.3. The van der Waals surface area contributed by atoms with Gasteiger partial charge in [0.1, 0.15) is 0 Å². The highest BCUT2D eigenvalue weighted by Gasteiger charge is 2.10. The standard InChI is InChI=1S/C15H14N2O3/c1-10-3-5-13(6-4-10)16-9-12-7-11(2)8-14(15(12)18)17(19)20/h3-9,18H,1-2H3/p-1. The molecule has 0 fully saturated rings. The zero-order chi connectivity index (χ0) is 14.7. The van der Waals surface area contributed by atoms with E-state index in [2.05, 4.69) is 4.99 Å². The summed E-state index contributed by atoms with van der Waals surface area (Å²) in [6.45, 7) is 3.67. The molecular formula is C15H13N2O3-. The molecule has 5 nitrogen and oxygen atoms in total. The van der Waals surface area contributed by atoms with Crippen LogP contribution in [0.4, 0.5) is 11.4 Å². The molecule has 0 aliphatic heterocycles. The Morgan fingerprint density at radius 3 is 2.35 bits per heavy atom. The summed E-state index contributed by atoms with van der Waals surface area (Å²) in [7, 11) is 0. The average molecular weight is 269 g/mol. The van der Waals surface area contributed by atoms with Crippen LogP contribution in [0.3, 0.4) is 0 Å². The third-order valence-corrected chi connectivity index (χ3v) is 2.83. The van der Waals surface area contributed by atoms with Crippen LogP contribution in [0.2, 0.25) is 0 Å². The van der Waals surface area contributed by atoms with Crippen LogP contribution < -0.4 is 5.11 Å². The van der Waals surface area contributed by atoms with Gasteiger partial charge in [0.15, 0.2) is 0 Å². The van der Waals surface area contributed by atoms with Crippen molar-refractivity contribution in [3.05, 3.63) is 63.2 Å². The van der Waals surface area contributed by atoms with Gasteiger partial charge < -0.3 is 5.11 Å². The zero-order valence-electron chi connectivity index (χ0n) is 11.2. The molecule has 0 saturated carbocycles. The van der Waals surface area contributed by atoms with Gasteiger partial charge >= 0.3 is 0 Å². The number of aryl methyl sites for hydroxylation is 2. The Morgan fingerprint density at radius 1 is 1.10 bits per heavy atom. The van der Waals surface area contributed by atoms with E-state index in [9.17, 15) is 15.2 Å². The topological polar surface area (TPSA) is 78.6 Å². The molecule has 0 radical (unpaired) electrons. The number of nitrogens with zero attached hydrogens (tertiary/aromatic N) is 2. The van der Waals surface area contributed by atoms with Crippen LogP contribution in [0.1, 0.15) is 16.7 Å². The van der Waals surface area contributed by atoms with Gasteiger partial charge in [0.2, 0.25) is 0 Å². The van der Waals surface area contributed by atoms with Crippen LogP contribution in [0.15, 0.2) is 41.4 Å². The number of nitro groups is 1. The van der Waals surface area contributed by atoms with Gasteiger partial charge in [-0.15, -0.1) is 0 Å². The molecule has 0 heterocycles. The van der Waals surface area contributed by atoms with Crippen LogP contribution in [-0.2, 0) is 0 Å². The van der Waals surface area contributed by atoms with E-state index in [0.29, 0.717) is 11.3 Å². The largest absolute Gasteiger partial charge is 0.867 e. The first-order valence-corrected chi connectivity index (χ1v) is 6.04. The van der Waals surface area contributed by atoms with E-state index in [1.165, 1.54) is 12.3 Å². The Bertz CT molecular complexity index is 676. The maximum Gasteiger partial charge on any atom is 0.262 e. The summed E-state index contributed by atoms with van der Waals surface area (Å²) < 4.78 is 0. The van der Waals surface area contributed by atoms with Crippen molar-refractivity contribution in [3.63, 3.8) is 0 Å². The summed E-state index contributed by atoms with van der Waals surface area (Å²) in [4.78, 5) is 14.3. The molecule has 0 amide bonds. The van der Waals surface area contributed by atoms with E-state index >= 15 is 0 Å². The minimum Gasteiger partial charge on any atom is -0.867 e. The third-order valence-electron chi connectivity index (χ3n) is 2.83. The lowest BCUT2D eigenvalue weighted by molar-refractivity contribution is -0.398. The van der Waals surface area contributed by atoms with Gasteiger partial charge in [0.25, 0.3) is 5.69 Å². The number of nitro benzene ring substituents is 1. The Kier molecular flexibility index (Phi) is 3.79. The van der Waals surface area contributed by atoms with Crippen LogP contribution in [0, 0.1) is 24.0 Å². The van der Waals surface area contributed by atoms with Gasteiger partial charge in [-0.3, -0.25) is 15.1 Å². The van der Waals surface area contributed by atoms with Gasteiger partial charge in [-0.2, -0.15) is 0 Å². The fourth-order valence-electron chi connectivity index (χ4n) is 1.79. The maximum atomic E-state index is 11.9. The first-order valence-electron chi connectivity index (χ1n) is 6.04. The van der Waals surface area contributed by atoms with Crippen molar-refractivity contribution in [1.29, 1.82) is 0 Å². The molecule has 0 spiro atoms. The highest BCUT2D eigenvalue weighted by atomic mass is 16.6. The smallest absolute Gasteiger partial charge is 0.262 e. The van der Waals surface area contributed by atoms with Crippen molar-refractivity contribution in [2.45, 2.75) is 13.8 Å². The van der Waals surface area contributed by atoms with E-state index in [4.69, 9.17) is 0 Å². The molecule has 2 aromatic rings. The molecule has 5 heteroatoms. The second-order valence-corrected chi connectivity index (χ2v) is 4.55. The van der Waals surface area contributed by atoms with Gasteiger partial charge in [-0.1, -0.05) is 23.8 Å². The van der Waals surface area contributed by atoms with E-state index in [-0.39, 0.29) is 5.56 Å². The first kappa shape index (κ1) is 13.7. The summed E-state index contributed by atoms with van der Waals surface area (Å²) >= 11 is 0. The summed E-state index contributed by atoms with van der Waals surface area (Å²) in [5.41, 5.74) is 2.26. The molecule has 0 unspecified atom stereocenters. The predicted molar refractivity (Wildman–Crippen MR) is 75.7 cm³/mol. The molecular weight excluding hydrogens is 256 g/mol. The van der Waals surface area contributed by atoms with Crippen molar-refractivity contribution in [3.8, 4) is 5.75 Å². The Labute approximate surface area is 116 Å². The van der Waals surface area contributed by atoms with Gasteiger partial charge in [-0.05, 0) is 42.9 Å². The minimum atomic E-state index is -0.668. The Balaban J connectivity index is 2.38. The molecule has 20 heavy (non-hydrogen) atoms. The number of hydrogen-bond donors (Lipinski definition) is 0. The van der Waals surface area contributed by atoms with Crippen molar-refractivity contribution >= 4 is 17.6 Å².